The minimum atomic E-state index is -0.129. The van der Waals surface area contributed by atoms with Crippen LogP contribution in [0.25, 0.3) is 5.69 Å². The van der Waals surface area contributed by atoms with E-state index in [1.54, 1.807) is 23.8 Å². The van der Waals surface area contributed by atoms with Crippen molar-refractivity contribution in [2.24, 2.45) is 7.05 Å². The van der Waals surface area contributed by atoms with Crippen molar-refractivity contribution in [3.8, 4) is 5.69 Å². The molecule has 1 N–H and O–H groups in total. The molecule has 8 heteroatoms. The van der Waals surface area contributed by atoms with Crippen LogP contribution in [0, 0.1) is 0 Å². The van der Waals surface area contributed by atoms with E-state index in [0.717, 1.165) is 35.6 Å². The molecule has 3 rings (SSSR count). The molecule has 2 heterocycles. The van der Waals surface area contributed by atoms with Crippen LogP contribution in [0.15, 0.2) is 43.2 Å². The number of hydrogen-bond acceptors (Lipinski definition) is 4. The summed E-state index contributed by atoms with van der Waals surface area (Å²) in [5, 5.41) is 10.8. The summed E-state index contributed by atoms with van der Waals surface area (Å²) in [6, 6.07) is 5.84. The van der Waals surface area contributed by atoms with Crippen LogP contribution in [0.2, 0.25) is 0 Å². The zero-order valence-corrected chi connectivity index (χ0v) is 16.0. The van der Waals surface area contributed by atoms with Gasteiger partial charge < -0.3 is 14.8 Å². The second-order valence-corrected chi connectivity index (χ2v) is 6.37. The summed E-state index contributed by atoms with van der Waals surface area (Å²) in [7, 11) is 1.93. The lowest BCUT2D eigenvalue weighted by Gasteiger charge is -2.23. The Labute approximate surface area is 158 Å². The molecule has 0 saturated carbocycles. The summed E-state index contributed by atoms with van der Waals surface area (Å²) in [4.78, 5) is 19.1. The van der Waals surface area contributed by atoms with Crippen LogP contribution in [0.4, 0.5) is 10.5 Å². The summed E-state index contributed by atoms with van der Waals surface area (Å²) in [6.07, 6.45) is 8.60. The molecule has 0 fully saturated rings. The SMILES string of the molecule is CCCN(Cc1nccn1C)C(=O)Nc1cc(-n2cnnc2)ccc1CC. The first kappa shape index (κ1) is 18.6. The van der Waals surface area contributed by atoms with Gasteiger partial charge in [0, 0.05) is 31.7 Å². The first-order valence-electron chi connectivity index (χ1n) is 9.12. The van der Waals surface area contributed by atoms with Crippen LogP contribution in [-0.4, -0.2) is 41.8 Å². The number of aryl methyl sites for hydroxylation is 2. The maximum absolute atomic E-state index is 13.0. The van der Waals surface area contributed by atoms with Gasteiger partial charge in [-0.05, 0) is 30.5 Å². The number of carbonyl (C=O) groups excluding carboxylic acids is 1. The van der Waals surface area contributed by atoms with E-state index in [4.69, 9.17) is 0 Å². The highest BCUT2D eigenvalue weighted by atomic mass is 16.2. The lowest BCUT2D eigenvalue weighted by Crippen LogP contribution is -2.36. The number of rotatable bonds is 7. The molecule has 2 aromatic heterocycles. The predicted molar refractivity (Wildman–Crippen MR) is 104 cm³/mol. The number of anilines is 1. The first-order valence-corrected chi connectivity index (χ1v) is 9.12. The molecule has 8 nitrogen and oxygen atoms in total. The predicted octanol–water partition coefficient (Wildman–Crippen LogP) is 3.01. The molecular weight excluding hydrogens is 342 g/mol. The number of nitrogens with zero attached hydrogens (tertiary/aromatic N) is 6. The van der Waals surface area contributed by atoms with Gasteiger partial charge in [-0.1, -0.05) is 19.9 Å². The van der Waals surface area contributed by atoms with Crippen LogP contribution in [0.1, 0.15) is 31.7 Å². The summed E-state index contributed by atoms with van der Waals surface area (Å²) in [5.74, 6) is 0.854. The molecular formula is C19H25N7O. The highest BCUT2D eigenvalue weighted by Crippen LogP contribution is 2.21. The van der Waals surface area contributed by atoms with Gasteiger partial charge in [0.2, 0.25) is 0 Å². The summed E-state index contributed by atoms with van der Waals surface area (Å²) in [5.41, 5.74) is 2.78. The van der Waals surface area contributed by atoms with E-state index < -0.39 is 0 Å². The fourth-order valence-electron chi connectivity index (χ4n) is 2.92. The standard InChI is InChI=1S/C19H25N7O/c1-4-9-25(12-18-20-8-10-24(18)3)19(27)23-17-11-16(7-6-15(17)5-2)26-13-21-22-14-26/h6-8,10-11,13-14H,4-5,9,12H2,1-3H3,(H,23,27). The molecule has 142 valence electrons. The van der Waals surface area contributed by atoms with Crippen LogP contribution >= 0.6 is 0 Å². The number of nitrogens with one attached hydrogen (secondary N) is 1. The zero-order valence-electron chi connectivity index (χ0n) is 16.0. The topological polar surface area (TPSA) is 80.9 Å². The van der Waals surface area contributed by atoms with E-state index in [9.17, 15) is 4.79 Å². The van der Waals surface area contributed by atoms with Gasteiger partial charge in [-0.15, -0.1) is 10.2 Å². The second-order valence-electron chi connectivity index (χ2n) is 6.37. The van der Waals surface area contributed by atoms with Gasteiger partial charge in [0.15, 0.2) is 0 Å². The Hall–Kier alpha value is -3.16. The van der Waals surface area contributed by atoms with Crippen LogP contribution in [-0.2, 0) is 20.0 Å². The fourth-order valence-corrected chi connectivity index (χ4v) is 2.92. The third-order valence-electron chi connectivity index (χ3n) is 4.47. The fraction of sp³-hybridized carbons (Fsp3) is 0.368. The van der Waals surface area contributed by atoms with Crippen LogP contribution in [0.5, 0.6) is 0 Å². The quantitative estimate of drug-likeness (QED) is 0.696. The minimum Gasteiger partial charge on any atom is -0.337 e. The average Bonchev–Trinajstić information content (AvgIpc) is 3.33. The van der Waals surface area contributed by atoms with Crippen molar-refractivity contribution in [1.29, 1.82) is 0 Å². The summed E-state index contributed by atoms with van der Waals surface area (Å²) < 4.78 is 3.74. The Bertz CT molecular complexity index is 885. The van der Waals surface area contributed by atoms with E-state index >= 15 is 0 Å². The third-order valence-corrected chi connectivity index (χ3v) is 4.47. The van der Waals surface area contributed by atoms with Crippen molar-refractivity contribution in [3.63, 3.8) is 0 Å². The van der Waals surface area contributed by atoms with Crippen molar-refractivity contribution >= 4 is 11.7 Å². The molecule has 27 heavy (non-hydrogen) atoms. The van der Waals surface area contributed by atoms with Gasteiger partial charge in [0.25, 0.3) is 0 Å². The molecule has 0 saturated heterocycles. The molecule has 0 aliphatic rings. The maximum atomic E-state index is 13.0. The second kappa shape index (κ2) is 8.48. The Morgan fingerprint density at radius 3 is 2.63 bits per heavy atom. The van der Waals surface area contributed by atoms with E-state index in [-0.39, 0.29) is 6.03 Å². The molecule has 0 spiro atoms. The van der Waals surface area contributed by atoms with Gasteiger partial charge >= 0.3 is 6.03 Å². The van der Waals surface area contributed by atoms with Gasteiger partial charge in [0.1, 0.15) is 18.5 Å². The molecule has 0 radical (unpaired) electrons. The molecule has 0 bridgehead atoms. The lowest BCUT2D eigenvalue weighted by molar-refractivity contribution is 0.207. The molecule has 3 aromatic rings. The largest absolute Gasteiger partial charge is 0.337 e. The summed E-state index contributed by atoms with van der Waals surface area (Å²) >= 11 is 0. The molecule has 0 aliphatic carbocycles. The Kier molecular flexibility index (Phi) is 5.85. The maximum Gasteiger partial charge on any atom is 0.322 e. The smallest absolute Gasteiger partial charge is 0.322 e. The van der Waals surface area contributed by atoms with E-state index in [1.165, 1.54) is 0 Å². The van der Waals surface area contributed by atoms with Crippen molar-refractivity contribution in [1.82, 2.24) is 29.2 Å². The van der Waals surface area contributed by atoms with Crippen molar-refractivity contribution in [3.05, 3.63) is 54.6 Å². The van der Waals surface area contributed by atoms with Gasteiger partial charge in [0.05, 0.1) is 12.2 Å². The number of benzene rings is 1. The van der Waals surface area contributed by atoms with Crippen LogP contribution < -0.4 is 5.32 Å². The average molecular weight is 367 g/mol. The normalized spacial score (nSPS) is 10.8. The first-order chi connectivity index (χ1) is 13.1. The van der Waals surface area contributed by atoms with Gasteiger partial charge in [-0.25, -0.2) is 9.78 Å². The van der Waals surface area contributed by atoms with E-state index in [2.05, 4.69) is 34.3 Å². The minimum absolute atomic E-state index is 0.129. The Balaban J connectivity index is 1.82. The monoisotopic (exact) mass is 367 g/mol. The van der Waals surface area contributed by atoms with Gasteiger partial charge in [-0.3, -0.25) is 4.57 Å². The number of carbonyl (C=O) groups is 1. The molecule has 0 atom stereocenters. The number of amides is 2. The van der Waals surface area contributed by atoms with Crippen molar-refractivity contribution in [2.45, 2.75) is 33.2 Å². The summed E-state index contributed by atoms with van der Waals surface area (Å²) in [6.45, 7) is 5.25. The number of hydrogen-bond donors (Lipinski definition) is 1. The lowest BCUT2D eigenvalue weighted by atomic mass is 10.1. The van der Waals surface area contributed by atoms with E-state index in [0.29, 0.717) is 13.1 Å². The van der Waals surface area contributed by atoms with Crippen LogP contribution in [0.3, 0.4) is 0 Å². The molecule has 1 aromatic carbocycles. The highest BCUT2D eigenvalue weighted by Gasteiger charge is 2.17. The van der Waals surface area contributed by atoms with Crippen molar-refractivity contribution in [2.75, 3.05) is 11.9 Å². The Morgan fingerprint density at radius 2 is 2.00 bits per heavy atom. The van der Waals surface area contributed by atoms with E-state index in [1.807, 2.05) is 40.6 Å². The highest BCUT2D eigenvalue weighted by molar-refractivity contribution is 5.90. The zero-order chi connectivity index (χ0) is 19.2. The van der Waals surface area contributed by atoms with Crippen molar-refractivity contribution < 1.29 is 4.79 Å². The number of urea groups is 1. The number of imidazole rings is 1. The third kappa shape index (κ3) is 4.33. The number of aromatic nitrogens is 5. The molecule has 0 aliphatic heterocycles. The van der Waals surface area contributed by atoms with Gasteiger partial charge in [-0.2, -0.15) is 0 Å². The molecule has 0 unspecified atom stereocenters. The Morgan fingerprint density at radius 1 is 1.22 bits per heavy atom. The molecule has 2 amide bonds.